The number of hydrogen-bond acceptors (Lipinski definition) is 3. The lowest BCUT2D eigenvalue weighted by atomic mass is 9.77. The molecule has 20 heavy (non-hydrogen) atoms. The van der Waals surface area contributed by atoms with Gasteiger partial charge in [0.15, 0.2) is 5.78 Å². The minimum Gasteiger partial charge on any atom is -0.497 e. The van der Waals surface area contributed by atoms with Crippen molar-refractivity contribution in [3.8, 4) is 5.75 Å². The lowest BCUT2D eigenvalue weighted by Crippen LogP contribution is -2.52. The van der Waals surface area contributed by atoms with Gasteiger partial charge in [0, 0.05) is 11.6 Å². The fraction of sp³-hybridized carbons (Fsp3) is 0.588. The maximum atomic E-state index is 12.6. The van der Waals surface area contributed by atoms with E-state index in [1.165, 1.54) is 32.1 Å². The van der Waals surface area contributed by atoms with Gasteiger partial charge in [0.1, 0.15) is 5.75 Å². The number of Topliss-reactive ketones (excluding diaryl/α,β-unsaturated/α-hetero) is 1. The van der Waals surface area contributed by atoms with E-state index < -0.39 is 0 Å². The highest BCUT2D eigenvalue weighted by atomic mass is 16.5. The lowest BCUT2D eigenvalue weighted by Gasteiger charge is -2.40. The van der Waals surface area contributed by atoms with Gasteiger partial charge in [-0.3, -0.25) is 4.79 Å². The summed E-state index contributed by atoms with van der Waals surface area (Å²) < 4.78 is 5.21. The molecule has 1 N–H and O–H groups in total. The quantitative estimate of drug-likeness (QED) is 0.860. The summed E-state index contributed by atoms with van der Waals surface area (Å²) in [5, 5.41) is 3.60. The van der Waals surface area contributed by atoms with Crippen molar-refractivity contribution in [1.29, 1.82) is 0 Å². The van der Waals surface area contributed by atoms with Crippen LogP contribution in [0.5, 0.6) is 5.75 Å². The van der Waals surface area contributed by atoms with E-state index in [1.54, 1.807) is 7.11 Å². The van der Waals surface area contributed by atoms with Gasteiger partial charge in [-0.2, -0.15) is 0 Å². The highest BCUT2D eigenvalue weighted by Gasteiger charge is 2.34. The number of hydrogen-bond donors (Lipinski definition) is 1. The molecule has 1 heterocycles. The average Bonchev–Trinajstić information content (AvgIpc) is 2.53. The summed E-state index contributed by atoms with van der Waals surface area (Å²) in [5.74, 6) is 1.76. The monoisotopic (exact) mass is 273 g/mol. The Bertz CT molecular complexity index is 486. The molecule has 0 amide bonds. The summed E-state index contributed by atoms with van der Waals surface area (Å²) in [6.45, 7) is 0. The van der Waals surface area contributed by atoms with E-state index in [2.05, 4.69) is 5.32 Å². The second kappa shape index (κ2) is 5.96. The molecule has 3 nitrogen and oxygen atoms in total. The largest absolute Gasteiger partial charge is 0.497 e. The predicted molar refractivity (Wildman–Crippen MR) is 79.2 cm³/mol. The summed E-state index contributed by atoms with van der Waals surface area (Å²) in [5.41, 5.74) is 0.760. The van der Waals surface area contributed by atoms with Crippen molar-refractivity contribution in [2.24, 2.45) is 5.92 Å². The number of rotatable bonds is 3. The van der Waals surface area contributed by atoms with Crippen LogP contribution in [0.15, 0.2) is 24.3 Å². The van der Waals surface area contributed by atoms with Crippen LogP contribution in [0.2, 0.25) is 0 Å². The molecule has 2 aliphatic rings. The number of carbonyl (C=O) groups is 1. The molecule has 0 radical (unpaired) electrons. The topological polar surface area (TPSA) is 38.3 Å². The Kier molecular flexibility index (Phi) is 4.06. The average molecular weight is 273 g/mol. The van der Waals surface area contributed by atoms with Gasteiger partial charge in [-0.1, -0.05) is 25.0 Å². The number of ketones is 1. The van der Waals surface area contributed by atoms with Crippen molar-refractivity contribution < 1.29 is 9.53 Å². The fourth-order valence-corrected chi connectivity index (χ4v) is 3.68. The minimum atomic E-state index is -0.0125. The van der Waals surface area contributed by atoms with Gasteiger partial charge in [-0.05, 0) is 43.7 Å². The Hall–Kier alpha value is -1.35. The Morgan fingerprint density at radius 1 is 1.20 bits per heavy atom. The van der Waals surface area contributed by atoms with Crippen molar-refractivity contribution in [3.05, 3.63) is 29.8 Å². The molecule has 3 atom stereocenters. The number of carbonyl (C=O) groups excluding carboxylic acids is 1. The zero-order valence-electron chi connectivity index (χ0n) is 12.1. The highest BCUT2D eigenvalue weighted by Crippen LogP contribution is 2.33. The second-order valence-corrected chi connectivity index (χ2v) is 6.04. The van der Waals surface area contributed by atoms with Crippen LogP contribution >= 0.6 is 0 Å². The molecule has 108 valence electrons. The maximum absolute atomic E-state index is 12.6. The zero-order valence-corrected chi connectivity index (χ0v) is 12.1. The van der Waals surface area contributed by atoms with Crippen molar-refractivity contribution in [2.75, 3.05) is 7.11 Å². The van der Waals surface area contributed by atoms with Crippen LogP contribution in [0.1, 0.15) is 48.9 Å². The van der Waals surface area contributed by atoms with Crippen molar-refractivity contribution in [2.45, 2.75) is 50.6 Å². The number of benzene rings is 1. The summed E-state index contributed by atoms with van der Waals surface area (Å²) in [6, 6.07) is 8.04. The number of ether oxygens (including phenoxy) is 1. The van der Waals surface area contributed by atoms with Gasteiger partial charge in [-0.15, -0.1) is 0 Å². The predicted octanol–water partition coefficient (Wildman–Crippen LogP) is 3.19. The van der Waals surface area contributed by atoms with E-state index in [1.807, 2.05) is 24.3 Å². The zero-order chi connectivity index (χ0) is 13.9. The first-order chi connectivity index (χ1) is 9.78. The number of piperidine rings is 1. The molecule has 2 fully saturated rings. The van der Waals surface area contributed by atoms with E-state index >= 15 is 0 Å². The first kappa shape index (κ1) is 13.6. The fourth-order valence-electron chi connectivity index (χ4n) is 3.68. The smallest absolute Gasteiger partial charge is 0.179 e. The Balaban J connectivity index is 1.70. The van der Waals surface area contributed by atoms with Crippen LogP contribution in [0, 0.1) is 5.92 Å². The molecule has 1 saturated carbocycles. The van der Waals surface area contributed by atoms with E-state index in [-0.39, 0.29) is 11.8 Å². The maximum Gasteiger partial charge on any atom is 0.179 e. The Morgan fingerprint density at radius 3 is 2.90 bits per heavy atom. The summed E-state index contributed by atoms with van der Waals surface area (Å²) in [4.78, 5) is 12.6. The molecule has 1 saturated heterocycles. The second-order valence-electron chi connectivity index (χ2n) is 6.04. The van der Waals surface area contributed by atoms with Gasteiger partial charge < -0.3 is 10.1 Å². The van der Waals surface area contributed by atoms with E-state index in [0.29, 0.717) is 6.04 Å². The van der Waals surface area contributed by atoms with Gasteiger partial charge >= 0.3 is 0 Å². The summed E-state index contributed by atoms with van der Waals surface area (Å²) >= 11 is 0. The first-order valence-corrected chi connectivity index (χ1v) is 7.72. The molecule has 1 aliphatic carbocycles. The van der Waals surface area contributed by atoms with Crippen molar-refractivity contribution in [3.63, 3.8) is 0 Å². The minimum absolute atomic E-state index is 0.0125. The number of nitrogens with one attached hydrogen (secondary N) is 1. The normalized spacial score (nSPS) is 29.6. The third-order valence-electron chi connectivity index (χ3n) is 4.82. The van der Waals surface area contributed by atoms with Crippen LogP contribution in [-0.4, -0.2) is 25.0 Å². The lowest BCUT2D eigenvalue weighted by molar-refractivity contribution is 0.0861. The molecule has 0 bridgehead atoms. The van der Waals surface area contributed by atoms with Crippen LogP contribution in [0.3, 0.4) is 0 Å². The van der Waals surface area contributed by atoms with Crippen LogP contribution in [-0.2, 0) is 0 Å². The van der Waals surface area contributed by atoms with E-state index in [9.17, 15) is 4.79 Å². The molecular weight excluding hydrogens is 250 g/mol. The third-order valence-corrected chi connectivity index (χ3v) is 4.82. The molecular formula is C17H23NO2. The van der Waals surface area contributed by atoms with Gasteiger partial charge in [0.25, 0.3) is 0 Å². The van der Waals surface area contributed by atoms with Gasteiger partial charge in [0.05, 0.1) is 13.2 Å². The standard InChI is InChI=1S/C17H23NO2/c1-20-14-7-4-6-13(11-14)17(19)16-10-9-12-5-2-3-8-15(12)18-16/h4,6-7,11-12,15-16,18H,2-3,5,8-10H2,1H3. The summed E-state index contributed by atoms with van der Waals surface area (Å²) in [7, 11) is 1.63. The van der Waals surface area contributed by atoms with Gasteiger partial charge in [-0.25, -0.2) is 0 Å². The van der Waals surface area contributed by atoms with Crippen LogP contribution in [0.25, 0.3) is 0 Å². The summed E-state index contributed by atoms with van der Waals surface area (Å²) in [6.07, 6.45) is 7.38. The van der Waals surface area contributed by atoms with E-state index in [4.69, 9.17) is 4.74 Å². The molecule has 3 unspecified atom stereocenters. The third kappa shape index (κ3) is 2.73. The number of methoxy groups -OCH3 is 1. The Labute approximate surface area is 120 Å². The highest BCUT2D eigenvalue weighted by molar-refractivity contribution is 6.00. The van der Waals surface area contributed by atoms with Crippen LogP contribution < -0.4 is 10.1 Å². The van der Waals surface area contributed by atoms with Gasteiger partial charge in [0.2, 0.25) is 0 Å². The molecule has 1 aromatic carbocycles. The van der Waals surface area contributed by atoms with Crippen molar-refractivity contribution >= 4 is 5.78 Å². The molecule has 3 rings (SSSR count). The number of fused-ring (bicyclic) bond motifs is 1. The molecule has 0 spiro atoms. The molecule has 0 aromatic heterocycles. The Morgan fingerprint density at radius 2 is 2.05 bits per heavy atom. The molecule has 1 aromatic rings. The van der Waals surface area contributed by atoms with Crippen LogP contribution in [0.4, 0.5) is 0 Å². The molecule has 3 heteroatoms. The SMILES string of the molecule is COc1cccc(C(=O)C2CCC3CCCCC3N2)c1. The molecule has 1 aliphatic heterocycles. The first-order valence-electron chi connectivity index (χ1n) is 7.72. The van der Waals surface area contributed by atoms with E-state index in [0.717, 1.165) is 23.7 Å². The van der Waals surface area contributed by atoms with Crippen molar-refractivity contribution in [1.82, 2.24) is 5.32 Å².